The molecular weight excluding hydrogens is 224 g/mol. The summed E-state index contributed by atoms with van der Waals surface area (Å²) in [5.41, 5.74) is 4.14. The van der Waals surface area contributed by atoms with E-state index in [0.29, 0.717) is 0 Å². The zero-order valence-corrected chi connectivity index (χ0v) is 9.99. The van der Waals surface area contributed by atoms with Gasteiger partial charge >= 0.3 is 0 Å². The highest BCUT2D eigenvalue weighted by atomic mass is 15.3. The lowest BCUT2D eigenvalue weighted by Gasteiger charge is -2.00. The summed E-state index contributed by atoms with van der Waals surface area (Å²) < 4.78 is 1.84. The molecular formula is C14H12N4. The first-order valence-electron chi connectivity index (χ1n) is 5.71. The monoisotopic (exact) mass is 236 g/mol. The normalized spacial score (nSPS) is 10.5. The van der Waals surface area contributed by atoms with Crippen LogP contribution >= 0.6 is 0 Å². The zero-order valence-electron chi connectivity index (χ0n) is 9.99. The molecule has 1 aromatic carbocycles. The average molecular weight is 236 g/mol. The summed E-state index contributed by atoms with van der Waals surface area (Å²) in [7, 11) is 0. The van der Waals surface area contributed by atoms with E-state index >= 15 is 0 Å². The van der Waals surface area contributed by atoms with Crippen LogP contribution in [0.3, 0.4) is 0 Å². The lowest BCUT2D eigenvalue weighted by molar-refractivity contribution is 0.880. The molecule has 0 saturated heterocycles. The van der Waals surface area contributed by atoms with Gasteiger partial charge < -0.3 is 0 Å². The van der Waals surface area contributed by atoms with E-state index in [0.717, 1.165) is 16.9 Å². The maximum absolute atomic E-state index is 4.35. The number of aryl methyl sites for hydroxylation is 1. The number of aromatic nitrogens is 4. The van der Waals surface area contributed by atoms with Crippen LogP contribution in [0.15, 0.2) is 55.2 Å². The first kappa shape index (κ1) is 10.7. The first-order valence-corrected chi connectivity index (χ1v) is 5.71. The highest BCUT2D eigenvalue weighted by Gasteiger charge is 2.03. The Morgan fingerprint density at radius 2 is 1.89 bits per heavy atom. The molecule has 4 nitrogen and oxygen atoms in total. The number of nitrogens with zero attached hydrogens (tertiary/aromatic N) is 4. The van der Waals surface area contributed by atoms with E-state index in [1.807, 2.05) is 35.3 Å². The number of hydrogen-bond donors (Lipinski definition) is 0. The Kier molecular flexibility index (Phi) is 2.61. The van der Waals surface area contributed by atoms with E-state index in [1.54, 1.807) is 12.5 Å². The molecule has 0 unspecified atom stereocenters. The van der Waals surface area contributed by atoms with Crippen LogP contribution in [0.25, 0.3) is 16.9 Å². The standard InChI is InChI=1S/C14H12N4/c1-11-2-4-13(5-3-11)18-9-12(8-17-18)14-6-7-15-10-16-14/h2-10H,1H3. The molecule has 2 aromatic heterocycles. The van der Waals surface area contributed by atoms with Gasteiger partial charge in [0.25, 0.3) is 0 Å². The Morgan fingerprint density at radius 3 is 2.61 bits per heavy atom. The molecule has 0 saturated carbocycles. The van der Waals surface area contributed by atoms with Crippen molar-refractivity contribution in [1.29, 1.82) is 0 Å². The quantitative estimate of drug-likeness (QED) is 0.687. The van der Waals surface area contributed by atoms with Gasteiger partial charge in [-0.25, -0.2) is 14.6 Å². The van der Waals surface area contributed by atoms with Crippen molar-refractivity contribution in [3.05, 3.63) is 60.8 Å². The van der Waals surface area contributed by atoms with E-state index in [1.165, 1.54) is 5.56 Å². The smallest absolute Gasteiger partial charge is 0.116 e. The van der Waals surface area contributed by atoms with Crippen LogP contribution in [0.5, 0.6) is 0 Å². The highest BCUT2D eigenvalue weighted by molar-refractivity contribution is 5.56. The predicted molar refractivity (Wildman–Crippen MR) is 69.3 cm³/mol. The van der Waals surface area contributed by atoms with E-state index in [4.69, 9.17) is 0 Å². The maximum atomic E-state index is 4.35. The van der Waals surface area contributed by atoms with Crippen LogP contribution in [0.2, 0.25) is 0 Å². The molecule has 0 bridgehead atoms. The summed E-state index contributed by atoms with van der Waals surface area (Å²) in [6, 6.07) is 10.1. The molecule has 0 N–H and O–H groups in total. The van der Waals surface area contributed by atoms with Gasteiger partial charge in [0.2, 0.25) is 0 Å². The van der Waals surface area contributed by atoms with Gasteiger partial charge in [0.05, 0.1) is 17.6 Å². The van der Waals surface area contributed by atoms with E-state index < -0.39 is 0 Å². The van der Waals surface area contributed by atoms with Crippen molar-refractivity contribution >= 4 is 0 Å². The van der Waals surface area contributed by atoms with E-state index in [2.05, 4.69) is 34.1 Å². The SMILES string of the molecule is Cc1ccc(-n2cc(-c3ccncn3)cn2)cc1. The van der Waals surface area contributed by atoms with Gasteiger partial charge in [0.1, 0.15) is 6.33 Å². The van der Waals surface area contributed by atoms with Crippen molar-refractivity contribution in [2.24, 2.45) is 0 Å². The summed E-state index contributed by atoms with van der Waals surface area (Å²) in [5.74, 6) is 0. The van der Waals surface area contributed by atoms with Crippen molar-refractivity contribution < 1.29 is 0 Å². The van der Waals surface area contributed by atoms with Crippen LogP contribution in [0.1, 0.15) is 5.56 Å². The Hall–Kier alpha value is -2.49. The zero-order chi connectivity index (χ0) is 12.4. The molecule has 0 aliphatic carbocycles. The topological polar surface area (TPSA) is 43.6 Å². The van der Waals surface area contributed by atoms with Crippen LogP contribution < -0.4 is 0 Å². The molecule has 18 heavy (non-hydrogen) atoms. The second-order valence-corrected chi connectivity index (χ2v) is 4.10. The van der Waals surface area contributed by atoms with Gasteiger partial charge in [0, 0.05) is 18.0 Å². The molecule has 0 spiro atoms. The molecule has 2 heterocycles. The lowest BCUT2D eigenvalue weighted by Crippen LogP contribution is -1.93. The van der Waals surface area contributed by atoms with Crippen molar-refractivity contribution in [3.63, 3.8) is 0 Å². The van der Waals surface area contributed by atoms with Crippen LogP contribution in [-0.2, 0) is 0 Å². The molecule has 0 radical (unpaired) electrons. The first-order chi connectivity index (χ1) is 8.83. The fourth-order valence-electron chi connectivity index (χ4n) is 1.76. The number of rotatable bonds is 2. The maximum Gasteiger partial charge on any atom is 0.116 e. The minimum Gasteiger partial charge on any atom is -0.245 e. The molecule has 0 atom stereocenters. The number of hydrogen-bond acceptors (Lipinski definition) is 3. The highest BCUT2D eigenvalue weighted by Crippen LogP contribution is 2.17. The van der Waals surface area contributed by atoms with Crippen molar-refractivity contribution in [2.75, 3.05) is 0 Å². The van der Waals surface area contributed by atoms with Crippen molar-refractivity contribution in [1.82, 2.24) is 19.7 Å². The Bertz CT molecular complexity index is 641. The largest absolute Gasteiger partial charge is 0.245 e. The third-order valence-electron chi connectivity index (χ3n) is 2.76. The average Bonchev–Trinajstić information content (AvgIpc) is 2.90. The van der Waals surface area contributed by atoms with E-state index in [-0.39, 0.29) is 0 Å². The third-order valence-corrected chi connectivity index (χ3v) is 2.76. The van der Waals surface area contributed by atoms with Gasteiger partial charge in [-0.15, -0.1) is 0 Å². The van der Waals surface area contributed by atoms with Crippen molar-refractivity contribution in [2.45, 2.75) is 6.92 Å². The number of benzene rings is 1. The van der Waals surface area contributed by atoms with Crippen LogP contribution in [0, 0.1) is 6.92 Å². The summed E-state index contributed by atoms with van der Waals surface area (Å²) in [6.07, 6.45) is 7.04. The Morgan fingerprint density at radius 1 is 1.06 bits per heavy atom. The molecule has 0 aliphatic heterocycles. The predicted octanol–water partition coefficient (Wildman–Crippen LogP) is 2.64. The molecule has 3 aromatic rings. The molecule has 3 rings (SSSR count). The molecule has 88 valence electrons. The van der Waals surface area contributed by atoms with E-state index in [9.17, 15) is 0 Å². The summed E-state index contributed by atoms with van der Waals surface area (Å²) >= 11 is 0. The minimum atomic E-state index is 0.878. The minimum absolute atomic E-state index is 0.878. The van der Waals surface area contributed by atoms with Gasteiger partial charge in [-0.1, -0.05) is 17.7 Å². The fourth-order valence-corrected chi connectivity index (χ4v) is 1.76. The summed E-state index contributed by atoms with van der Waals surface area (Å²) in [6.45, 7) is 2.07. The summed E-state index contributed by atoms with van der Waals surface area (Å²) in [4.78, 5) is 8.11. The second kappa shape index (κ2) is 4.41. The van der Waals surface area contributed by atoms with Gasteiger partial charge in [0.15, 0.2) is 0 Å². The second-order valence-electron chi connectivity index (χ2n) is 4.10. The fraction of sp³-hybridized carbons (Fsp3) is 0.0714. The Labute approximate surface area is 105 Å². The Balaban J connectivity index is 1.97. The molecule has 4 heteroatoms. The lowest BCUT2D eigenvalue weighted by atomic mass is 10.2. The van der Waals surface area contributed by atoms with Gasteiger partial charge in [-0.05, 0) is 25.1 Å². The van der Waals surface area contributed by atoms with Crippen molar-refractivity contribution in [3.8, 4) is 16.9 Å². The third kappa shape index (κ3) is 2.00. The molecule has 0 aliphatic rings. The summed E-state index contributed by atoms with van der Waals surface area (Å²) in [5, 5.41) is 4.35. The molecule has 0 amide bonds. The van der Waals surface area contributed by atoms with Crippen LogP contribution in [0.4, 0.5) is 0 Å². The van der Waals surface area contributed by atoms with Gasteiger partial charge in [-0.2, -0.15) is 5.10 Å². The van der Waals surface area contributed by atoms with Crippen LogP contribution in [-0.4, -0.2) is 19.7 Å². The molecule has 0 fully saturated rings. The van der Waals surface area contributed by atoms with Gasteiger partial charge in [-0.3, -0.25) is 0 Å².